The SMILES string of the molecule is CC(C)C(NCC1(C2CC2)CC1)c1cccs1. The molecule has 1 heterocycles. The van der Waals surface area contributed by atoms with E-state index < -0.39 is 0 Å². The molecule has 0 spiro atoms. The Kier molecular flexibility index (Phi) is 3.04. The second-order valence-electron chi connectivity index (χ2n) is 6.25. The maximum absolute atomic E-state index is 3.86. The molecule has 1 N–H and O–H groups in total. The molecule has 1 unspecified atom stereocenters. The Balaban J connectivity index is 1.61. The Labute approximate surface area is 109 Å². The molecule has 2 aliphatic rings. The van der Waals surface area contributed by atoms with Crippen molar-refractivity contribution in [3.8, 4) is 0 Å². The molecule has 2 fully saturated rings. The Morgan fingerprint density at radius 1 is 1.41 bits per heavy atom. The molecule has 3 rings (SSSR count). The van der Waals surface area contributed by atoms with Crippen LogP contribution in [0.3, 0.4) is 0 Å². The van der Waals surface area contributed by atoms with E-state index in [1.54, 1.807) is 0 Å². The van der Waals surface area contributed by atoms with Crippen molar-refractivity contribution in [2.45, 2.75) is 45.6 Å². The van der Waals surface area contributed by atoms with Gasteiger partial charge in [-0.15, -0.1) is 11.3 Å². The van der Waals surface area contributed by atoms with Gasteiger partial charge in [0, 0.05) is 17.5 Å². The first-order valence-corrected chi connectivity index (χ1v) is 7.86. The molecule has 1 atom stereocenters. The van der Waals surface area contributed by atoms with Crippen LogP contribution in [0.4, 0.5) is 0 Å². The predicted octanol–water partition coefficient (Wildman–Crippen LogP) is 4.23. The van der Waals surface area contributed by atoms with Gasteiger partial charge in [-0.05, 0) is 54.4 Å². The summed E-state index contributed by atoms with van der Waals surface area (Å²) in [6, 6.07) is 5.01. The van der Waals surface area contributed by atoms with E-state index in [-0.39, 0.29) is 0 Å². The van der Waals surface area contributed by atoms with Gasteiger partial charge in [0.2, 0.25) is 0 Å². The van der Waals surface area contributed by atoms with Gasteiger partial charge in [-0.25, -0.2) is 0 Å². The van der Waals surface area contributed by atoms with E-state index in [4.69, 9.17) is 0 Å². The van der Waals surface area contributed by atoms with Crippen LogP contribution in [0.2, 0.25) is 0 Å². The zero-order chi connectivity index (χ0) is 11.9. The van der Waals surface area contributed by atoms with Crippen molar-refractivity contribution >= 4 is 11.3 Å². The van der Waals surface area contributed by atoms with Gasteiger partial charge in [0.1, 0.15) is 0 Å². The van der Waals surface area contributed by atoms with E-state index in [1.807, 2.05) is 11.3 Å². The fourth-order valence-corrected chi connectivity index (χ4v) is 4.01. The smallest absolute Gasteiger partial charge is 0.0438 e. The molecule has 0 aliphatic heterocycles. The van der Waals surface area contributed by atoms with Crippen LogP contribution in [0.1, 0.15) is 50.4 Å². The molecule has 2 aliphatic carbocycles. The van der Waals surface area contributed by atoms with Crippen LogP contribution >= 0.6 is 11.3 Å². The molecule has 2 heteroatoms. The quantitative estimate of drug-likeness (QED) is 0.795. The largest absolute Gasteiger partial charge is 0.308 e. The standard InChI is InChI=1S/C15H23NS/c1-11(2)14(13-4-3-9-17-13)16-10-15(7-8-15)12-5-6-12/h3-4,9,11-12,14,16H,5-8,10H2,1-2H3. The molecule has 2 saturated carbocycles. The Morgan fingerprint density at radius 3 is 2.65 bits per heavy atom. The van der Waals surface area contributed by atoms with Gasteiger partial charge < -0.3 is 5.32 Å². The van der Waals surface area contributed by atoms with Crippen LogP contribution in [0.15, 0.2) is 17.5 Å². The van der Waals surface area contributed by atoms with Crippen LogP contribution in [0.25, 0.3) is 0 Å². The minimum atomic E-state index is 0.561. The topological polar surface area (TPSA) is 12.0 Å². The molecule has 1 aromatic rings. The lowest BCUT2D eigenvalue weighted by Crippen LogP contribution is -2.31. The first-order valence-electron chi connectivity index (χ1n) is 6.98. The average Bonchev–Trinajstić information content (AvgIpc) is 3.18. The molecule has 0 radical (unpaired) electrons. The van der Waals surface area contributed by atoms with Gasteiger partial charge in [-0.3, -0.25) is 0 Å². The molecule has 17 heavy (non-hydrogen) atoms. The van der Waals surface area contributed by atoms with Gasteiger partial charge >= 0.3 is 0 Å². The zero-order valence-electron chi connectivity index (χ0n) is 10.9. The number of rotatable bonds is 6. The summed E-state index contributed by atoms with van der Waals surface area (Å²) in [5.41, 5.74) is 0.713. The van der Waals surface area contributed by atoms with Gasteiger partial charge in [-0.1, -0.05) is 19.9 Å². The summed E-state index contributed by atoms with van der Waals surface area (Å²) in [5.74, 6) is 1.75. The van der Waals surface area contributed by atoms with Crippen molar-refractivity contribution in [2.75, 3.05) is 6.54 Å². The highest BCUT2D eigenvalue weighted by atomic mass is 32.1. The molecule has 0 bridgehead atoms. The molecular formula is C15H23NS. The van der Waals surface area contributed by atoms with Crippen molar-refractivity contribution in [1.29, 1.82) is 0 Å². The first-order chi connectivity index (χ1) is 8.21. The Morgan fingerprint density at radius 2 is 2.18 bits per heavy atom. The van der Waals surface area contributed by atoms with Crippen molar-refractivity contribution in [1.82, 2.24) is 5.32 Å². The highest BCUT2D eigenvalue weighted by molar-refractivity contribution is 7.10. The lowest BCUT2D eigenvalue weighted by molar-refractivity contribution is 0.337. The minimum Gasteiger partial charge on any atom is -0.308 e. The van der Waals surface area contributed by atoms with Gasteiger partial charge in [0.15, 0.2) is 0 Å². The van der Waals surface area contributed by atoms with E-state index >= 15 is 0 Å². The second kappa shape index (κ2) is 4.40. The lowest BCUT2D eigenvalue weighted by atomic mass is 9.97. The summed E-state index contributed by atoms with van der Waals surface area (Å²) < 4.78 is 0. The third-order valence-corrected chi connectivity index (χ3v) is 5.48. The number of hydrogen-bond donors (Lipinski definition) is 1. The molecule has 0 saturated heterocycles. The summed E-state index contributed by atoms with van der Waals surface area (Å²) in [4.78, 5) is 1.51. The molecule has 1 nitrogen and oxygen atoms in total. The number of nitrogens with one attached hydrogen (secondary N) is 1. The van der Waals surface area contributed by atoms with Gasteiger partial charge in [-0.2, -0.15) is 0 Å². The minimum absolute atomic E-state index is 0.561. The average molecular weight is 249 g/mol. The second-order valence-corrected chi connectivity index (χ2v) is 7.23. The molecule has 0 aromatic carbocycles. The maximum Gasteiger partial charge on any atom is 0.0438 e. The number of thiophene rings is 1. The van der Waals surface area contributed by atoms with Gasteiger partial charge in [0.05, 0.1) is 0 Å². The van der Waals surface area contributed by atoms with Crippen LogP contribution in [-0.4, -0.2) is 6.54 Å². The van der Waals surface area contributed by atoms with Crippen LogP contribution in [-0.2, 0) is 0 Å². The van der Waals surface area contributed by atoms with Crippen molar-refractivity contribution in [3.05, 3.63) is 22.4 Å². The van der Waals surface area contributed by atoms with E-state index in [1.165, 1.54) is 37.1 Å². The van der Waals surface area contributed by atoms with Crippen molar-refractivity contribution < 1.29 is 0 Å². The maximum atomic E-state index is 3.86. The van der Waals surface area contributed by atoms with E-state index in [9.17, 15) is 0 Å². The molecule has 0 amide bonds. The predicted molar refractivity (Wildman–Crippen MR) is 74.3 cm³/mol. The normalized spacial score (nSPS) is 23.9. The van der Waals surface area contributed by atoms with E-state index in [2.05, 4.69) is 36.7 Å². The first kappa shape index (κ1) is 11.7. The Bertz CT molecular complexity index is 360. The highest BCUT2D eigenvalue weighted by Gasteiger charge is 2.53. The summed E-state index contributed by atoms with van der Waals surface area (Å²) >= 11 is 1.89. The zero-order valence-corrected chi connectivity index (χ0v) is 11.7. The fourth-order valence-electron chi connectivity index (χ4n) is 3.03. The van der Waals surface area contributed by atoms with Crippen molar-refractivity contribution in [2.24, 2.45) is 17.3 Å². The van der Waals surface area contributed by atoms with Crippen LogP contribution in [0.5, 0.6) is 0 Å². The van der Waals surface area contributed by atoms with E-state index in [0.29, 0.717) is 17.4 Å². The van der Waals surface area contributed by atoms with E-state index in [0.717, 1.165) is 5.92 Å². The third-order valence-electron chi connectivity index (χ3n) is 4.53. The summed E-state index contributed by atoms with van der Waals surface area (Å²) in [6.07, 6.45) is 5.93. The molecular weight excluding hydrogens is 226 g/mol. The van der Waals surface area contributed by atoms with Gasteiger partial charge in [0.25, 0.3) is 0 Å². The highest BCUT2D eigenvalue weighted by Crippen LogP contribution is 2.61. The van der Waals surface area contributed by atoms with Crippen LogP contribution in [0, 0.1) is 17.3 Å². The monoisotopic (exact) mass is 249 g/mol. The Hall–Kier alpha value is -0.340. The summed E-state index contributed by atoms with van der Waals surface area (Å²) in [7, 11) is 0. The lowest BCUT2D eigenvalue weighted by Gasteiger charge is -2.25. The fraction of sp³-hybridized carbons (Fsp3) is 0.733. The van der Waals surface area contributed by atoms with Crippen LogP contribution < -0.4 is 5.32 Å². The molecule has 94 valence electrons. The summed E-state index contributed by atoms with van der Waals surface area (Å²) in [6.45, 7) is 5.90. The molecule has 1 aromatic heterocycles. The number of hydrogen-bond acceptors (Lipinski definition) is 2. The van der Waals surface area contributed by atoms with Crippen molar-refractivity contribution in [3.63, 3.8) is 0 Å². The third kappa shape index (κ3) is 2.43. The summed E-state index contributed by atoms with van der Waals surface area (Å²) in [5, 5.41) is 6.05.